The minimum absolute atomic E-state index is 0.0958. The molecule has 0 atom stereocenters. The first-order valence-electron chi connectivity index (χ1n) is 6.78. The van der Waals surface area contributed by atoms with Crippen molar-refractivity contribution in [2.24, 2.45) is 0 Å². The average Bonchev–Trinajstić information content (AvgIpc) is 2.47. The Balaban J connectivity index is 2.71. The van der Waals surface area contributed by atoms with Crippen LogP contribution in [0.5, 0.6) is 0 Å². The highest BCUT2D eigenvalue weighted by atomic mass is 19.1. The maximum Gasteiger partial charge on any atom is 0.307 e. The first-order chi connectivity index (χ1) is 10.1. The van der Waals surface area contributed by atoms with Gasteiger partial charge in [0, 0.05) is 25.8 Å². The van der Waals surface area contributed by atoms with Crippen LogP contribution in [-0.4, -0.2) is 50.2 Å². The molecule has 116 valence electrons. The molecule has 0 saturated carbocycles. The molecule has 0 spiro atoms. The molecule has 6 heteroatoms. The molecule has 1 aromatic rings. The molecule has 1 aromatic carbocycles. The number of nitrogens with zero attached hydrogens (tertiary/aromatic N) is 1. The van der Waals surface area contributed by atoms with Gasteiger partial charge in [-0.05, 0) is 25.1 Å². The van der Waals surface area contributed by atoms with Gasteiger partial charge in [0.2, 0.25) is 0 Å². The van der Waals surface area contributed by atoms with Gasteiger partial charge < -0.3 is 14.4 Å². The molecule has 21 heavy (non-hydrogen) atoms. The van der Waals surface area contributed by atoms with Gasteiger partial charge in [0.1, 0.15) is 5.82 Å². The van der Waals surface area contributed by atoms with Crippen molar-refractivity contribution in [1.82, 2.24) is 4.90 Å². The number of carbonyl (C=O) groups is 2. The summed E-state index contributed by atoms with van der Waals surface area (Å²) in [5.74, 6) is -1.18. The van der Waals surface area contributed by atoms with Crippen LogP contribution >= 0.6 is 0 Å². The van der Waals surface area contributed by atoms with Crippen LogP contribution in [0.3, 0.4) is 0 Å². The summed E-state index contributed by atoms with van der Waals surface area (Å²) in [7, 11) is 1.52. The van der Waals surface area contributed by atoms with Crippen LogP contribution in [0.25, 0.3) is 0 Å². The Labute approximate surface area is 123 Å². The first kappa shape index (κ1) is 17.1. The third-order valence-electron chi connectivity index (χ3n) is 2.82. The molecule has 0 aromatic heterocycles. The number of carbonyl (C=O) groups excluding carboxylic acids is 2. The molecule has 1 rings (SSSR count). The zero-order valence-corrected chi connectivity index (χ0v) is 12.3. The Morgan fingerprint density at radius 2 is 2.05 bits per heavy atom. The van der Waals surface area contributed by atoms with Gasteiger partial charge in [0.25, 0.3) is 5.91 Å². The Morgan fingerprint density at radius 1 is 1.29 bits per heavy atom. The van der Waals surface area contributed by atoms with E-state index >= 15 is 0 Å². The lowest BCUT2D eigenvalue weighted by molar-refractivity contribution is -0.143. The maximum absolute atomic E-state index is 13.2. The highest BCUT2D eigenvalue weighted by Crippen LogP contribution is 2.08. The number of hydrogen-bond acceptors (Lipinski definition) is 4. The van der Waals surface area contributed by atoms with Gasteiger partial charge in [0.15, 0.2) is 0 Å². The zero-order valence-electron chi connectivity index (χ0n) is 12.3. The monoisotopic (exact) mass is 297 g/mol. The number of amides is 1. The minimum atomic E-state index is -0.474. The predicted octanol–water partition coefficient (Wildman–Crippen LogP) is 1.87. The van der Waals surface area contributed by atoms with Crippen molar-refractivity contribution in [1.29, 1.82) is 0 Å². The molecule has 0 aliphatic heterocycles. The van der Waals surface area contributed by atoms with Crippen molar-refractivity contribution in [3.05, 3.63) is 35.6 Å². The number of benzene rings is 1. The first-order valence-corrected chi connectivity index (χ1v) is 6.78. The van der Waals surface area contributed by atoms with Crippen LogP contribution in [0.15, 0.2) is 24.3 Å². The number of rotatable bonds is 8. The number of ether oxygens (including phenoxy) is 2. The van der Waals surface area contributed by atoms with Gasteiger partial charge in [-0.25, -0.2) is 4.39 Å². The van der Waals surface area contributed by atoms with E-state index in [9.17, 15) is 14.0 Å². The highest BCUT2D eigenvalue weighted by molar-refractivity contribution is 5.94. The molecule has 0 heterocycles. The fraction of sp³-hybridized carbons (Fsp3) is 0.467. The molecule has 0 unspecified atom stereocenters. The second kappa shape index (κ2) is 9.07. The molecule has 0 saturated heterocycles. The average molecular weight is 297 g/mol. The van der Waals surface area contributed by atoms with E-state index in [1.165, 1.54) is 36.3 Å². The zero-order chi connectivity index (χ0) is 15.7. The van der Waals surface area contributed by atoms with Gasteiger partial charge in [0.05, 0.1) is 19.6 Å². The summed E-state index contributed by atoms with van der Waals surface area (Å²) in [5, 5.41) is 0. The molecule has 0 N–H and O–H groups in total. The molecule has 0 bridgehead atoms. The number of halogens is 1. The lowest BCUT2D eigenvalue weighted by Gasteiger charge is -2.22. The molecular weight excluding hydrogens is 277 g/mol. The van der Waals surface area contributed by atoms with E-state index in [4.69, 9.17) is 9.47 Å². The van der Waals surface area contributed by atoms with E-state index in [1.807, 2.05) is 0 Å². The van der Waals surface area contributed by atoms with Crippen molar-refractivity contribution in [2.45, 2.75) is 13.3 Å². The van der Waals surface area contributed by atoms with Crippen molar-refractivity contribution in [2.75, 3.05) is 33.4 Å². The van der Waals surface area contributed by atoms with Gasteiger partial charge in [-0.3, -0.25) is 9.59 Å². The molecule has 0 radical (unpaired) electrons. The van der Waals surface area contributed by atoms with E-state index in [0.717, 1.165) is 0 Å². The van der Waals surface area contributed by atoms with E-state index in [-0.39, 0.29) is 30.4 Å². The summed E-state index contributed by atoms with van der Waals surface area (Å²) < 4.78 is 23.0. The van der Waals surface area contributed by atoms with Crippen LogP contribution in [-0.2, 0) is 14.3 Å². The second-order valence-electron chi connectivity index (χ2n) is 4.35. The van der Waals surface area contributed by atoms with Crippen LogP contribution < -0.4 is 0 Å². The number of methoxy groups -OCH3 is 1. The van der Waals surface area contributed by atoms with Crippen LogP contribution in [0.2, 0.25) is 0 Å². The van der Waals surface area contributed by atoms with Crippen molar-refractivity contribution < 1.29 is 23.5 Å². The third-order valence-corrected chi connectivity index (χ3v) is 2.82. The van der Waals surface area contributed by atoms with E-state index in [1.54, 1.807) is 6.92 Å². The summed E-state index contributed by atoms with van der Waals surface area (Å²) in [6.07, 6.45) is 0.0958. The van der Waals surface area contributed by atoms with E-state index < -0.39 is 5.82 Å². The standard InChI is InChI=1S/C15H20FNO4/c1-3-21-14(18)7-8-17(9-10-20-2)15(19)12-5-4-6-13(16)11-12/h4-6,11H,3,7-10H2,1-2H3. The Bertz CT molecular complexity index is 478. The summed E-state index contributed by atoms with van der Waals surface area (Å²) in [4.78, 5) is 25.2. The van der Waals surface area contributed by atoms with Crippen LogP contribution in [0.1, 0.15) is 23.7 Å². The second-order valence-corrected chi connectivity index (χ2v) is 4.35. The maximum atomic E-state index is 13.2. The van der Waals surface area contributed by atoms with Gasteiger partial charge in [-0.1, -0.05) is 6.07 Å². The lowest BCUT2D eigenvalue weighted by atomic mass is 10.2. The highest BCUT2D eigenvalue weighted by Gasteiger charge is 2.17. The van der Waals surface area contributed by atoms with Crippen molar-refractivity contribution in [3.63, 3.8) is 0 Å². The van der Waals surface area contributed by atoms with Gasteiger partial charge >= 0.3 is 5.97 Å². The fourth-order valence-electron chi connectivity index (χ4n) is 1.78. The quantitative estimate of drug-likeness (QED) is 0.687. The number of esters is 1. The van der Waals surface area contributed by atoms with Crippen molar-refractivity contribution >= 4 is 11.9 Å². The minimum Gasteiger partial charge on any atom is -0.466 e. The van der Waals surface area contributed by atoms with Crippen LogP contribution in [0.4, 0.5) is 4.39 Å². The van der Waals surface area contributed by atoms with Gasteiger partial charge in [-0.15, -0.1) is 0 Å². The molecule has 5 nitrogen and oxygen atoms in total. The SMILES string of the molecule is CCOC(=O)CCN(CCOC)C(=O)c1cccc(F)c1. The summed E-state index contributed by atoms with van der Waals surface area (Å²) >= 11 is 0. The van der Waals surface area contributed by atoms with Gasteiger partial charge in [-0.2, -0.15) is 0 Å². The topological polar surface area (TPSA) is 55.8 Å². The van der Waals surface area contributed by atoms with Crippen LogP contribution in [0, 0.1) is 5.82 Å². The Kier molecular flexibility index (Phi) is 7.39. The third kappa shape index (κ3) is 5.91. The van der Waals surface area contributed by atoms with E-state index in [0.29, 0.717) is 19.8 Å². The predicted molar refractivity (Wildman–Crippen MR) is 75.4 cm³/mol. The lowest BCUT2D eigenvalue weighted by Crippen LogP contribution is -2.36. The molecule has 0 aliphatic carbocycles. The van der Waals surface area contributed by atoms with E-state index in [2.05, 4.69) is 0 Å². The summed E-state index contributed by atoms with van der Waals surface area (Å²) in [6, 6.07) is 5.46. The normalized spacial score (nSPS) is 10.2. The molecule has 1 amide bonds. The Morgan fingerprint density at radius 3 is 2.67 bits per heavy atom. The largest absolute Gasteiger partial charge is 0.466 e. The number of hydrogen-bond donors (Lipinski definition) is 0. The Hall–Kier alpha value is -1.95. The van der Waals surface area contributed by atoms with Crippen molar-refractivity contribution in [3.8, 4) is 0 Å². The summed E-state index contributed by atoms with van der Waals surface area (Å²) in [6.45, 7) is 2.89. The fourth-order valence-corrected chi connectivity index (χ4v) is 1.78. The summed E-state index contributed by atoms with van der Waals surface area (Å²) in [5.41, 5.74) is 0.245. The molecular formula is C15H20FNO4. The molecule has 0 aliphatic rings. The molecule has 0 fully saturated rings. The smallest absolute Gasteiger partial charge is 0.307 e.